The van der Waals surface area contributed by atoms with Crippen molar-refractivity contribution in [3.63, 3.8) is 0 Å². The van der Waals surface area contributed by atoms with Gasteiger partial charge in [0.2, 0.25) is 0 Å². The summed E-state index contributed by atoms with van der Waals surface area (Å²) in [6.07, 6.45) is 5.43. The van der Waals surface area contributed by atoms with Crippen LogP contribution in [0.15, 0.2) is 23.8 Å². The Kier molecular flexibility index (Phi) is 3.70. The summed E-state index contributed by atoms with van der Waals surface area (Å²) in [6.45, 7) is 5.33. The summed E-state index contributed by atoms with van der Waals surface area (Å²) in [4.78, 5) is 13.2. The fraction of sp³-hybridized carbons (Fsp3) is 0.583. The smallest absolute Gasteiger partial charge is 0.335 e. The molecule has 94 valence electrons. The lowest BCUT2D eigenvalue weighted by atomic mass is 9.88. The second-order valence-electron chi connectivity index (χ2n) is 4.49. The first-order chi connectivity index (χ1) is 8.04. The van der Waals surface area contributed by atoms with Gasteiger partial charge < -0.3 is 9.84 Å². The predicted molar refractivity (Wildman–Crippen MR) is 68.4 cm³/mol. The van der Waals surface area contributed by atoms with Gasteiger partial charge in [-0.2, -0.15) is 0 Å². The number of hydrogen-bond acceptors (Lipinski definition) is 3. The van der Waals surface area contributed by atoms with Gasteiger partial charge in [0.1, 0.15) is 0 Å². The van der Waals surface area contributed by atoms with Crippen molar-refractivity contribution in [1.82, 2.24) is 4.90 Å². The van der Waals surface area contributed by atoms with Crippen LogP contribution in [0.25, 0.3) is 0 Å². The van der Waals surface area contributed by atoms with Crippen LogP contribution < -0.4 is 0 Å². The van der Waals surface area contributed by atoms with Crippen LogP contribution in [-0.4, -0.2) is 52.6 Å². The number of carbonyl (C=O) groups is 1. The van der Waals surface area contributed by atoms with E-state index in [-0.39, 0.29) is 10.4 Å². The molecule has 2 atom stereocenters. The molecule has 17 heavy (non-hydrogen) atoms. The third-order valence-electron chi connectivity index (χ3n) is 3.42. The predicted octanol–water partition coefficient (Wildman–Crippen LogP) is 1.42. The van der Waals surface area contributed by atoms with E-state index in [9.17, 15) is 4.79 Å². The van der Waals surface area contributed by atoms with Crippen molar-refractivity contribution >= 4 is 21.9 Å². The topological polar surface area (TPSA) is 49.8 Å². The highest BCUT2D eigenvalue weighted by Gasteiger charge is 2.38. The lowest BCUT2D eigenvalue weighted by molar-refractivity contribution is -0.132. The number of carboxylic acids is 1. The van der Waals surface area contributed by atoms with Crippen LogP contribution in [0, 0.1) is 0 Å². The highest BCUT2D eigenvalue weighted by molar-refractivity contribution is 9.09. The SMILES string of the molecule is C[C@@]1(N2CCOCC2)C=CC(C(=O)O)=C[C@H]1Br. The van der Waals surface area contributed by atoms with Crippen LogP contribution in [0.4, 0.5) is 0 Å². The molecular formula is C12H16BrNO3. The summed E-state index contributed by atoms with van der Waals surface area (Å²) in [6, 6.07) is 0. The normalized spacial score (nSPS) is 34.5. The molecule has 5 heteroatoms. The van der Waals surface area contributed by atoms with Crippen LogP contribution in [-0.2, 0) is 9.53 Å². The second kappa shape index (κ2) is 4.92. The van der Waals surface area contributed by atoms with E-state index in [0.29, 0.717) is 5.57 Å². The first-order valence-corrected chi connectivity index (χ1v) is 6.57. The van der Waals surface area contributed by atoms with Crippen LogP contribution in [0.2, 0.25) is 0 Å². The average molecular weight is 302 g/mol. The van der Waals surface area contributed by atoms with E-state index in [1.165, 1.54) is 0 Å². The Hall–Kier alpha value is -0.650. The van der Waals surface area contributed by atoms with Gasteiger partial charge >= 0.3 is 5.97 Å². The molecule has 0 unspecified atom stereocenters. The van der Waals surface area contributed by atoms with Gasteiger partial charge in [0.25, 0.3) is 0 Å². The van der Waals surface area contributed by atoms with Gasteiger partial charge in [0.05, 0.1) is 29.2 Å². The van der Waals surface area contributed by atoms with Crippen LogP contribution in [0.1, 0.15) is 6.92 Å². The van der Waals surface area contributed by atoms with Gasteiger partial charge in [-0.25, -0.2) is 4.79 Å². The summed E-state index contributed by atoms with van der Waals surface area (Å²) in [5, 5.41) is 8.96. The Morgan fingerprint density at radius 3 is 2.76 bits per heavy atom. The van der Waals surface area contributed by atoms with Crippen molar-refractivity contribution in [3.8, 4) is 0 Å². The molecule has 1 saturated heterocycles. The van der Waals surface area contributed by atoms with E-state index in [1.807, 2.05) is 6.08 Å². The number of nitrogens with zero attached hydrogens (tertiary/aromatic N) is 1. The molecule has 1 heterocycles. The quantitative estimate of drug-likeness (QED) is 0.784. The van der Waals surface area contributed by atoms with E-state index >= 15 is 0 Å². The van der Waals surface area contributed by atoms with Crippen molar-refractivity contribution in [2.75, 3.05) is 26.3 Å². The lowest BCUT2D eigenvalue weighted by Gasteiger charge is -2.44. The van der Waals surface area contributed by atoms with Gasteiger partial charge in [0, 0.05) is 13.1 Å². The molecule has 0 bridgehead atoms. The zero-order valence-electron chi connectivity index (χ0n) is 9.73. The Balaban J connectivity index is 2.17. The molecular weight excluding hydrogens is 286 g/mol. The Bertz CT molecular complexity index is 374. The summed E-state index contributed by atoms with van der Waals surface area (Å²) in [5.41, 5.74) is 0.167. The third-order valence-corrected chi connectivity index (χ3v) is 4.62. The van der Waals surface area contributed by atoms with Crippen LogP contribution in [0.5, 0.6) is 0 Å². The minimum atomic E-state index is -0.880. The fourth-order valence-corrected chi connectivity index (χ4v) is 2.93. The Morgan fingerprint density at radius 2 is 2.24 bits per heavy atom. The van der Waals surface area contributed by atoms with Crippen molar-refractivity contribution in [3.05, 3.63) is 23.8 Å². The first-order valence-electron chi connectivity index (χ1n) is 5.65. The van der Waals surface area contributed by atoms with Crippen LogP contribution >= 0.6 is 15.9 Å². The van der Waals surface area contributed by atoms with Gasteiger partial charge in [0.15, 0.2) is 0 Å². The van der Waals surface area contributed by atoms with Crippen molar-refractivity contribution in [2.45, 2.75) is 17.3 Å². The number of hydrogen-bond donors (Lipinski definition) is 1. The molecule has 1 aliphatic heterocycles. The van der Waals surface area contributed by atoms with E-state index in [4.69, 9.17) is 9.84 Å². The highest BCUT2D eigenvalue weighted by Crippen LogP contribution is 2.33. The molecule has 2 rings (SSSR count). The largest absolute Gasteiger partial charge is 0.478 e. The molecule has 0 aromatic rings. The third kappa shape index (κ3) is 2.46. The van der Waals surface area contributed by atoms with E-state index in [0.717, 1.165) is 26.3 Å². The zero-order chi connectivity index (χ0) is 12.5. The number of morpholine rings is 1. The molecule has 0 radical (unpaired) electrons. The van der Waals surface area contributed by atoms with Crippen molar-refractivity contribution in [1.29, 1.82) is 0 Å². The first kappa shape index (κ1) is 12.8. The van der Waals surface area contributed by atoms with Crippen LogP contribution in [0.3, 0.4) is 0 Å². The zero-order valence-corrected chi connectivity index (χ0v) is 11.3. The monoisotopic (exact) mass is 301 g/mol. The molecule has 0 aromatic heterocycles. The molecule has 0 spiro atoms. The fourth-order valence-electron chi connectivity index (χ4n) is 2.20. The van der Waals surface area contributed by atoms with Crippen molar-refractivity contribution < 1.29 is 14.6 Å². The molecule has 1 aliphatic carbocycles. The number of rotatable bonds is 2. The molecule has 1 N–H and O–H groups in total. The highest BCUT2D eigenvalue weighted by atomic mass is 79.9. The molecule has 4 nitrogen and oxygen atoms in total. The lowest BCUT2D eigenvalue weighted by Crippen LogP contribution is -2.55. The maximum Gasteiger partial charge on any atom is 0.335 e. The number of halogens is 1. The number of aliphatic carboxylic acids is 1. The summed E-state index contributed by atoms with van der Waals surface area (Å²) >= 11 is 3.58. The van der Waals surface area contributed by atoms with Gasteiger partial charge in [-0.05, 0) is 6.92 Å². The number of alkyl halides is 1. The molecule has 1 fully saturated rings. The Labute approximate surface area is 109 Å². The molecule has 0 saturated carbocycles. The Morgan fingerprint density at radius 1 is 1.59 bits per heavy atom. The summed E-state index contributed by atoms with van der Waals surface area (Å²) < 4.78 is 5.34. The summed E-state index contributed by atoms with van der Waals surface area (Å²) in [5.74, 6) is -0.880. The minimum absolute atomic E-state index is 0.00389. The van der Waals surface area contributed by atoms with E-state index in [1.54, 1.807) is 12.2 Å². The minimum Gasteiger partial charge on any atom is -0.478 e. The van der Waals surface area contributed by atoms with Crippen molar-refractivity contribution in [2.24, 2.45) is 0 Å². The molecule has 0 amide bonds. The van der Waals surface area contributed by atoms with E-state index in [2.05, 4.69) is 27.8 Å². The standard InChI is InChI=1S/C12H16BrNO3/c1-12(14-4-6-17-7-5-14)3-2-9(11(15)16)8-10(12)13/h2-3,8,10H,4-7H2,1H3,(H,15,16)/t10-,12-/m1/s1. The summed E-state index contributed by atoms with van der Waals surface area (Å²) in [7, 11) is 0. The van der Waals surface area contributed by atoms with Gasteiger partial charge in [-0.15, -0.1) is 0 Å². The number of carboxylic acid groups (broad SMARTS) is 1. The number of ether oxygens (including phenoxy) is 1. The molecule has 0 aromatic carbocycles. The van der Waals surface area contributed by atoms with Gasteiger partial charge in [-0.1, -0.05) is 34.2 Å². The van der Waals surface area contributed by atoms with Gasteiger partial charge in [-0.3, -0.25) is 4.90 Å². The second-order valence-corrected chi connectivity index (χ2v) is 5.47. The molecule has 2 aliphatic rings. The maximum absolute atomic E-state index is 10.9. The van der Waals surface area contributed by atoms with E-state index < -0.39 is 5.97 Å². The average Bonchev–Trinajstić information content (AvgIpc) is 2.33. The maximum atomic E-state index is 10.9.